The summed E-state index contributed by atoms with van der Waals surface area (Å²) < 4.78 is 0. The van der Waals surface area contributed by atoms with Crippen molar-refractivity contribution in [2.24, 2.45) is 0 Å². The van der Waals surface area contributed by atoms with Gasteiger partial charge in [0.1, 0.15) is 0 Å². The maximum absolute atomic E-state index is 12.9. The highest BCUT2D eigenvalue weighted by Crippen LogP contribution is 2.37. The Morgan fingerprint density at radius 1 is 1.24 bits per heavy atom. The maximum atomic E-state index is 12.9. The van der Waals surface area contributed by atoms with E-state index in [4.69, 9.17) is 0 Å². The van der Waals surface area contributed by atoms with Crippen LogP contribution in [0, 0.1) is 0 Å². The van der Waals surface area contributed by atoms with Crippen molar-refractivity contribution in [2.75, 3.05) is 0 Å². The van der Waals surface area contributed by atoms with Crippen molar-refractivity contribution in [3.63, 3.8) is 0 Å². The van der Waals surface area contributed by atoms with E-state index in [0.29, 0.717) is 0 Å². The van der Waals surface area contributed by atoms with E-state index >= 15 is 0 Å². The van der Waals surface area contributed by atoms with E-state index in [1.54, 1.807) is 17.5 Å². The standard InChI is InChI=1S/C18H15NOS/c20-18(15-4-1-5-17-14(15)8-10-21-17)13-7-6-12-3-2-9-19-16(12)11-13/h2-3,6-11,15H,1,4-5H2. The number of carbonyl (C=O) groups excluding carboxylic acids is 1. The smallest absolute Gasteiger partial charge is 0.170 e. The minimum absolute atomic E-state index is 0.0289. The number of benzene rings is 1. The molecule has 1 unspecified atom stereocenters. The number of ketones is 1. The fourth-order valence-corrected chi connectivity index (χ4v) is 4.17. The van der Waals surface area contributed by atoms with Gasteiger partial charge in [0.2, 0.25) is 0 Å². The number of aryl methyl sites for hydroxylation is 1. The number of fused-ring (bicyclic) bond motifs is 2. The first-order valence-electron chi connectivity index (χ1n) is 7.28. The van der Waals surface area contributed by atoms with Gasteiger partial charge >= 0.3 is 0 Å². The minimum Gasteiger partial charge on any atom is -0.293 e. The first kappa shape index (κ1) is 12.7. The Hall–Kier alpha value is -2.00. The van der Waals surface area contributed by atoms with E-state index in [2.05, 4.69) is 16.4 Å². The van der Waals surface area contributed by atoms with E-state index in [-0.39, 0.29) is 11.7 Å². The maximum Gasteiger partial charge on any atom is 0.170 e. The highest BCUT2D eigenvalue weighted by molar-refractivity contribution is 7.10. The van der Waals surface area contributed by atoms with Crippen LogP contribution in [0.15, 0.2) is 48.0 Å². The average molecular weight is 293 g/mol. The van der Waals surface area contributed by atoms with Gasteiger partial charge in [-0.3, -0.25) is 9.78 Å². The Labute approximate surface area is 127 Å². The molecule has 1 aliphatic rings. The molecule has 21 heavy (non-hydrogen) atoms. The summed E-state index contributed by atoms with van der Waals surface area (Å²) in [5.41, 5.74) is 2.92. The van der Waals surface area contributed by atoms with Crippen molar-refractivity contribution in [1.29, 1.82) is 0 Å². The van der Waals surface area contributed by atoms with Gasteiger partial charge in [-0.1, -0.05) is 18.2 Å². The van der Waals surface area contributed by atoms with Crippen LogP contribution in [-0.2, 0) is 6.42 Å². The molecule has 0 N–H and O–H groups in total. The lowest BCUT2D eigenvalue weighted by atomic mass is 9.82. The lowest BCUT2D eigenvalue weighted by Crippen LogP contribution is -2.17. The van der Waals surface area contributed by atoms with Gasteiger partial charge in [-0.2, -0.15) is 0 Å². The number of thiophene rings is 1. The third-order valence-electron chi connectivity index (χ3n) is 4.26. The molecule has 1 atom stereocenters. The van der Waals surface area contributed by atoms with Crippen LogP contribution < -0.4 is 0 Å². The van der Waals surface area contributed by atoms with Crippen LogP contribution >= 0.6 is 11.3 Å². The van der Waals surface area contributed by atoms with Gasteiger partial charge in [0.25, 0.3) is 0 Å². The van der Waals surface area contributed by atoms with E-state index in [1.165, 1.54) is 10.4 Å². The van der Waals surface area contributed by atoms with Crippen molar-refractivity contribution in [3.8, 4) is 0 Å². The molecule has 3 aromatic rings. The van der Waals surface area contributed by atoms with E-state index in [9.17, 15) is 4.79 Å². The van der Waals surface area contributed by atoms with Crippen molar-refractivity contribution >= 4 is 28.0 Å². The van der Waals surface area contributed by atoms with Crippen LogP contribution in [0.5, 0.6) is 0 Å². The summed E-state index contributed by atoms with van der Waals surface area (Å²) in [6.45, 7) is 0. The fraction of sp³-hybridized carbons (Fsp3) is 0.222. The van der Waals surface area contributed by atoms with E-state index in [1.807, 2.05) is 30.3 Å². The molecule has 0 fully saturated rings. The summed E-state index contributed by atoms with van der Waals surface area (Å²) in [5.74, 6) is 0.267. The quantitative estimate of drug-likeness (QED) is 0.646. The zero-order chi connectivity index (χ0) is 14.2. The number of nitrogens with zero attached hydrogens (tertiary/aromatic N) is 1. The van der Waals surface area contributed by atoms with Crippen LogP contribution in [0.25, 0.3) is 10.9 Å². The molecule has 3 heteroatoms. The van der Waals surface area contributed by atoms with Crippen molar-refractivity contribution in [2.45, 2.75) is 25.2 Å². The Bertz CT molecular complexity index is 821. The summed E-state index contributed by atoms with van der Waals surface area (Å²) >= 11 is 1.78. The lowest BCUT2D eigenvalue weighted by Gasteiger charge is -2.21. The Balaban J connectivity index is 1.74. The van der Waals surface area contributed by atoms with Crippen LogP contribution in [0.1, 0.15) is 39.6 Å². The third kappa shape index (κ3) is 2.18. The molecule has 1 aliphatic carbocycles. The minimum atomic E-state index is 0.0289. The van der Waals surface area contributed by atoms with Gasteiger partial charge < -0.3 is 0 Å². The van der Waals surface area contributed by atoms with Gasteiger partial charge in [0.05, 0.1) is 5.52 Å². The first-order chi connectivity index (χ1) is 10.3. The fourth-order valence-electron chi connectivity index (χ4n) is 3.18. The normalized spacial score (nSPS) is 17.6. The Morgan fingerprint density at radius 3 is 3.14 bits per heavy atom. The second-order valence-electron chi connectivity index (χ2n) is 5.52. The van der Waals surface area contributed by atoms with Gasteiger partial charge in [-0.05, 0) is 48.4 Å². The average Bonchev–Trinajstić information content (AvgIpc) is 3.02. The molecule has 104 valence electrons. The molecule has 2 aromatic heterocycles. The van der Waals surface area contributed by atoms with Crippen LogP contribution in [0.2, 0.25) is 0 Å². The predicted molar refractivity (Wildman–Crippen MR) is 86.1 cm³/mol. The van der Waals surface area contributed by atoms with Crippen LogP contribution in [-0.4, -0.2) is 10.8 Å². The number of Topliss-reactive ketones (excluding diaryl/α,β-unsaturated/α-hetero) is 1. The molecular weight excluding hydrogens is 278 g/mol. The van der Waals surface area contributed by atoms with Crippen molar-refractivity contribution in [3.05, 3.63) is 64.0 Å². The molecule has 0 bridgehead atoms. The highest BCUT2D eigenvalue weighted by Gasteiger charge is 2.28. The molecule has 0 aliphatic heterocycles. The summed E-state index contributed by atoms with van der Waals surface area (Å²) in [6.07, 6.45) is 4.96. The molecule has 0 saturated heterocycles. The largest absolute Gasteiger partial charge is 0.293 e. The lowest BCUT2D eigenvalue weighted by molar-refractivity contribution is 0.0951. The second-order valence-corrected chi connectivity index (χ2v) is 6.52. The molecule has 2 heterocycles. The molecule has 0 radical (unpaired) electrons. The Morgan fingerprint density at radius 2 is 2.19 bits per heavy atom. The van der Waals surface area contributed by atoms with Crippen LogP contribution in [0.3, 0.4) is 0 Å². The monoisotopic (exact) mass is 293 g/mol. The molecule has 1 aromatic carbocycles. The third-order valence-corrected chi connectivity index (χ3v) is 5.26. The number of hydrogen-bond donors (Lipinski definition) is 0. The van der Waals surface area contributed by atoms with Gasteiger partial charge in [-0.15, -0.1) is 11.3 Å². The summed E-state index contributed by atoms with van der Waals surface area (Å²) in [7, 11) is 0. The first-order valence-corrected chi connectivity index (χ1v) is 8.16. The molecule has 0 amide bonds. The summed E-state index contributed by atoms with van der Waals surface area (Å²) in [6, 6.07) is 11.9. The number of carbonyl (C=O) groups is 1. The SMILES string of the molecule is O=C(c1ccc2cccnc2c1)C1CCCc2sccc21. The van der Waals surface area contributed by atoms with E-state index in [0.717, 1.165) is 35.7 Å². The Kier molecular flexibility index (Phi) is 3.08. The topological polar surface area (TPSA) is 30.0 Å². The number of pyridine rings is 1. The van der Waals surface area contributed by atoms with Gasteiger partial charge in [0, 0.05) is 27.9 Å². The highest BCUT2D eigenvalue weighted by atomic mass is 32.1. The number of hydrogen-bond acceptors (Lipinski definition) is 3. The van der Waals surface area contributed by atoms with E-state index < -0.39 is 0 Å². The molecule has 0 saturated carbocycles. The second kappa shape index (κ2) is 5.08. The van der Waals surface area contributed by atoms with Gasteiger partial charge in [0.15, 0.2) is 5.78 Å². The molecule has 0 spiro atoms. The summed E-state index contributed by atoms with van der Waals surface area (Å²) in [4.78, 5) is 18.6. The molecule has 4 rings (SSSR count). The van der Waals surface area contributed by atoms with Gasteiger partial charge in [-0.25, -0.2) is 0 Å². The number of rotatable bonds is 2. The molecular formula is C18H15NOS. The summed E-state index contributed by atoms with van der Waals surface area (Å²) in [5, 5.41) is 3.19. The molecule has 2 nitrogen and oxygen atoms in total. The van der Waals surface area contributed by atoms with Crippen molar-refractivity contribution < 1.29 is 4.79 Å². The predicted octanol–water partition coefficient (Wildman–Crippen LogP) is 4.60. The zero-order valence-electron chi connectivity index (χ0n) is 11.6. The van der Waals surface area contributed by atoms with Crippen molar-refractivity contribution in [1.82, 2.24) is 4.98 Å². The number of aromatic nitrogens is 1. The van der Waals surface area contributed by atoms with Crippen LogP contribution in [0.4, 0.5) is 0 Å². The zero-order valence-corrected chi connectivity index (χ0v) is 12.4.